The molecule has 4 rings (SSSR count). The molecule has 0 aromatic heterocycles. The van der Waals surface area contributed by atoms with Gasteiger partial charge in [-0.25, -0.2) is 4.79 Å². The number of hydrogen-bond acceptors (Lipinski definition) is 9. The summed E-state index contributed by atoms with van der Waals surface area (Å²) < 4.78 is 11.2. The number of amides is 2. The van der Waals surface area contributed by atoms with Crippen molar-refractivity contribution < 1.29 is 38.9 Å². The van der Waals surface area contributed by atoms with Gasteiger partial charge in [-0.05, 0) is 24.5 Å². The number of carbonyl (C=O) groups is 3. The fraction of sp³-hybridized carbons (Fsp3) is 0.550. The van der Waals surface area contributed by atoms with E-state index in [4.69, 9.17) is 15.1 Å². The Morgan fingerprint density at radius 1 is 1.33 bits per heavy atom. The number of nitrogens with one attached hydrogen (secondary N) is 2. The highest BCUT2D eigenvalue weighted by molar-refractivity contribution is 6.62. The number of nitrogens with zero attached hydrogens (tertiary/aromatic N) is 1. The summed E-state index contributed by atoms with van der Waals surface area (Å²) in [6.07, 6.45) is 0.187. The Kier molecular flexibility index (Phi) is 5.77. The van der Waals surface area contributed by atoms with Gasteiger partial charge in [0.25, 0.3) is 0 Å². The molecule has 0 bridgehead atoms. The van der Waals surface area contributed by atoms with E-state index in [9.17, 15) is 29.5 Å². The number of carboxylic acids is 1. The van der Waals surface area contributed by atoms with E-state index in [-0.39, 0.29) is 48.1 Å². The monoisotopic (exact) mass is 463 g/mol. The highest BCUT2D eigenvalue weighted by atomic mass is 16.6. The smallest absolute Gasteiger partial charge is 0.434 e. The van der Waals surface area contributed by atoms with Gasteiger partial charge in [-0.15, -0.1) is 0 Å². The topological polar surface area (TPSA) is 184 Å². The normalized spacial score (nSPS) is 24.8. The van der Waals surface area contributed by atoms with Gasteiger partial charge >= 0.3 is 12.7 Å². The van der Waals surface area contributed by atoms with E-state index in [1.807, 2.05) is 4.90 Å². The second-order valence-electron chi connectivity index (χ2n) is 9.25. The van der Waals surface area contributed by atoms with E-state index in [2.05, 4.69) is 10.6 Å². The molecule has 3 unspecified atom stereocenters. The van der Waals surface area contributed by atoms with Crippen molar-refractivity contribution in [1.82, 2.24) is 15.5 Å². The van der Waals surface area contributed by atoms with Gasteiger partial charge in [0.2, 0.25) is 11.8 Å². The van der Waals surface area contributed by atoms with Crippen LogP contribution in [0.4, 0.5) is 0 Å². The Labute approximate surface area is 190 Å². The van der Waals surface area contributed by atoms with Crippen molar-refractivity contribution in [3.05, 3.63) is 23.3 Å². The lowest BCUT2D eigenvalue weighted by Crippen LogP contribution is -2.64. The number of carbonyl (C=O) groups excluding carboxylic acids is 2. The molecule has 3 aliphatic rings. The van der Waals surface area contributed by atoms with Crippen LogP contribution in [0.2, 0.25) is 5.82 Å². The van der Waals surface area contributed by atoms with E-state index in [0.717, 1.165) is 0 Å². The van der Waals surface area contributed by atoms with Crippen LogP contribution in [-0.2, 0) is 9.59 Å². The SMILES string of the molecule is CNC(=O)CNC(=O)C(C)(N)CN1CC(Oc2ccc3c(c2C(=O)O)O[B-](O)(O)C2CC32)C1. The Hall–Kier alpha value is -2.87. The number of hydrogen-bond donors (Lipinski definition) is 6. The number of carboxylic acid groups (broad SMARTS) is 1. The largest absolute Gasteiger partial charge is 0.669 e. The molecular weight excluding hydrogens is 435 g/mol. The summed E-state index contributed by atoms with van der Waals surface area (Å²) in [4.78, 5) is 37.4. The molecule has 7 N–H and O–H groups in total. The maximum Gasteiger partial charge on any atom is 0.434 e. The molecule has 0 spiro atoms. The van der Waals surface area contributed by atoms with Gasteiger partial charge in [0.1, 0.15) is 23.0 Å². The van der Waals surface area contributed by atoms with Crippen molar-refractivity contribution in [1.29, 1.82) is 0 Å². The molecule has 1 aromatic rings. The van der Waals surface area contributed by atoms with Crippen molar-refractivity contribution >= 4 is 24.5 Å². The van der Waals surface area contributed by atoms with Crippen LogP contribution in [0.15, 0.2) is 12.1 Å². The van der Waals surface area contributed by atoms with Gasteiger partial charge in [-0.3, -0.25) is 14.5 Å². The van der Waals surface area contributed by atoms with Crippen molar-refractivity contribution in [2.45, 2.75) is 36.7 Å². The summed E-state index contributed by atoms with van der Waals surface area (Å²) in [6.45, 7) is -0.685. The number of likely N-dealkylation sites (N-methyl/N-ethyl adjacent to an activating group) is 1. The molecule has 1 saturated heterocycles. The van der Waals surface area contributed by atoms with Crippen LogP contribution in [0.1, 0.15) is 35.2 Å². The molecule has 2 amide bonds. The maximum absolute atomic E-state index is 12.3. The Morgan fingerprint density at radius 2 is 2.03 bits per heavy atom. The molecule has 33 heavy (non-hydrogen) atoms. The highest BCUT2D eigenvalue weighted by Gasteiger charge is 2.55. The highest BCUT2D eigenvalue weighted by Crippen LogP contribution is 2.63. The molecule has 2 aliphatic heterocycles. The van der Waals surface area contributed by atoms with Crippen molar-refractivity contribution in [3.8, 4) is 11.5 Å². The maximum atomic E-state index is 12.3. The van der Waals surface area contributed by atoms with Crippen LogP contribution in [-0.4, -0.2) is 89.5 Å². The summed E-state index contributed by atoms with van der Waals surface area (Å²) >= 11 is 0. The molecule has 1 saturated carbocycles. The molecule has 2 fully saturated rings. The minimum absolute atomic E-state index is 0.0535. The van der Waals surface area contributed by atoms with E-state index < -0.39 is 30.0 Å². The second-order valence-corrected chi connectivity index (χ2v) is 9.25. The first-order valence-electron chi connectivity index (χ1n) is 10.8. The van der Waals surface area contributed by atoms with E-state index in [0.29, 0.717) is 25.1 Å². The lowest BCUT2D eigenvalue weighted by Gasteiger charge is -2.43. The standard InChI is InChI=1S/C20H28BN4O8/c1-20(22,19(29)24-6-15(26)23-2)9-25-7-10(8-25)32-14-4-3-11-12-5-13(12)21(30,31)33-17(11)16(14)18(27)28/h3-4,10,12-13,30-31H,5-9,22H2,1-2H3,(H,23,26)(H,24,29)(H,27,28)/q-1. The Bertz CT molecular complexity index is 995. The first-order chi connectivity index (χ1) is 15.4. The number of aromatic carboxylic acids is 1. The number of nitrogens with two attached hydrogens (primary N) is 1. The Morgan fingerprint density at radius 3 is 2.67 bits per heavy atom. The molecule has 12 nitrogen and oxygen atoms in total. The van der Waals surface area contributed by atoms with Crippen LogP contribution in [0.5, 0.6) is 11.5 Å². The molecular formula is C20H28BN4O8-. The molecule has 1 aromatic carbocycles. The molecule has 2 heterocycles. The number of rotatable bonds is 8. The summed E-state index contributed by atoms with van der Waals surface area (Å²) in [6, 6.07) is 3.27. The second kappa shape index (κ2) is 8.17. The average molecular weight is 463 g/mol. The van der Waals surface area contributed by atoms with E-state index in [1.165, 1.54) is 7.05 Å². The Balaban J connectivity index is 1.38. The first kappa shape index (κ1) is 23.3. The number of fused-ring (bicyclic) bond motifs is 3. The first-order valence-corrected chi connectivity index (χ1v) is 10.8. The van der Waals surface area contributed by atoms with Crippen molar-refractivity contribution in [2.24, 2.45) is 5.73 Å². The minimum Gasteiger partial charge on any atom is -0.669 e. The van der Waals surface area contributed by atoms with Gasteiger partial charge in [0, 0.05) is 26.7 Å². The summed E-state index contributed by atoms with van der Waals surface area (Å²) in [7, 11) is 1.47. The number of benzene rings is 1. The molecule has 1 aliphatic carbocycles. The van der Waals surface area contributed by atoms with Crippen LogP contribution in [0, 0.1) is 0 Å². The lowest BCUT2D eigenvalue weighted by molar-refractivity contribution is -0.130. The third-order valence-electron chi connectivity index (χ3n) is 6.43. The lowest BCUT2D eigenvalue weighted by atomic mass is 9.68. The van der Waals surface area contributed by atoms with Gasteiger partial charge < -0.3 is 40.9 Å². The van der Waals surface area contributed by atoms with Gasteiger partial charge in [0.05, 0.1) is 12.3 Å². The van der Waals surface area contributed by atoms with Crippen molar-refractivity contribution in [3.63, 3.8) is 0 Å². The molecule has 3 atom stereocenters. The summed E-state index contributed by atoms with van der Waals surface area (Å²) in [5.74, 6) is -2.61. The molecule has 0 radical (unpaired) electrons. The predicted octanol–water partition coefficient (Wildman–Crippen LogP) is -1.80. The van der Waals surface area contributed by atoms with Gasteiger partial charge in [-0.2, -0.15) is 0 Å². The van der Waals surface area contributed by atoms with Gasteiger partial charge in [0.15, 0.2) is 0 Å². The summed E-state index contributed by atoms with van der Waals surface area (Å²) in [5.41, 5.74) is 5.28. The van der Waals surface area contributed by atoms with Crippen LogP contribution in [0.25, 0.3) is 0 Å². The average Bonchev–Trinajstić information content (AvgIpc) is 3.51. The third kappa shape index (κ3) is 4.49. The zero-order valence-corrected chi connectivity index (χ0v) is 18.4. The fourth-order valence-electron chi connectivity index (χ4n) is 4.51. The zero-order valence-electron chi connectivity index (χ0n) is 18.4. The quantitative estimate of drug-likeness (QED) is 0.241. The zero-order chi connectivity index (χ0) is 24.1. The number of ether oxygens (including phenoxy) is 1. The third-order valence-corrected chi connectivity index (χ3v) is 6.43. The van der Waals surface area contributed by atoms with Crippen molar-refractivity contribution in [2.75, 3.05) is 33.2 Å². The van der Waals surface area contributed by atoms with Crippen LogP contribution < -0.4 is 25.8 Å². The van der Waals surface area contributed by atoms with Crippen LogP contribution in [0.3, 0.4) is 0 Å². The van der Waals surface area contributed by atoms with E-state index in [1.54, 1.807) is 19.1 Å². The predicted molar refractivity (Wildman–Crippen MR) is 116 cm³/mol. The van der Waals surface area contributed by atoms with Gasteiger partial charge in [-0.1, -0.05) is 18.3 Å². The molecule has 180 valence electrons. The summed E-state index contributed by atoms with van der Waals surface area (Å²) in [5, 5.41) is 34.9. The van der Waals surface area contributed by atoms with Crippen LogP contribution >= 0.6 is 0 Å². The number of likely N-dealkylation sites (tertiary alicyclic amines) is 1. The molecule has 13 heteroatoms. The minimum atomic E-state index is -3.11. The van der Waals surface area contributed by atoms with E-state index >= 15 is 0 Å². The fourth-order valence-corrected chi connectivity index (χ4v) is 4.51.